The maximum atomic E-state index is 12.7. The minimum Gasteiger partial charge on any atom is -0.481 e. The highest BCUT2D eigenvalue weighted by Gasteiger charge is 2.25. The van der Waals surface area contributed by atoms with Crippen LogP contribution in [0.4, 0.5) is 0 Å². The molecule has 0 saturated carbocycles. The van der Waals surface area contributed by atoms with Crippen LogP contribution in [0.1, 0.15) is 48.9 Å². The molecular formula is C21H25NO2. The molecule has 1 aliphatic rings. The summed E-state index contributed by atoms with van der Waals surface area (Å²) in [7, 11) is 0. The Kier molecular flexibility index (Phi) is 5.19. The summed E-state index contributed by atoms with van der Waals surface area (Å²) in [6.45, 7) is 4.02. The van der Waals surface area contributed by atoms with E-state index < -0.39 is 6.10 Å². The fourth-order valence-corrected chi connectivity index (χ4v) is 3.27. The molecule has 0 heterocycles. The van der Waals surface area contributed by atoms with Crippen molar-refractivity contribution in [2.75, 3.05) is 0 Å². The maximum absolute atomic E-state index is 12.7. The van der Waals surface area contributed by atoms with Gasteiger partial charge in [0.05, 0.1) is 6.04 Å². The minimum atomic E-state index is -0.457. The van der Waals surface area contributed by atoms with Crippen LogP contribution in [0.5, 0.6) is 5.75 Å². The molecule has 126 valence electrons. The van der Waals surface area contributed by atoms with Crippen molar-refractivity contribution in [2.45, 2.75) is 51.7 Å². The van der Waals surface area contributed by atoms with E-state index in [1.54, 1.807) is 0 Å². The van der Waals surface area contributed by atoms with Crippen LogP contribution in [-0.2, 0) is 11.2 Å². The first-order chi connectivity index (χ1) is 11.7. The molecule has 0 fully saturated rings. The highest BCUT2D eigenvalue weighted by molar-refractivity contribution is 5.81. The smallest absolute Gasteiger partial charge is 0.261 e. The zero-order chi connectivity index (χ0) is 16.9. The molecule has 0 spiro atoms. The third-order valence-corrected chi connectivity index (χ3v) is 4.65. The van der Waals surface area contributed by atoms with E-state index in [4.69, 9.17) is 4.74 Å². The summed E-state index contributed by atoms with van der Waals surface area (Å²) in [5.74, 6) is 0.714. The molecule has 0 aliphatic heterocycles. The number of aryl methyl sites for hydroxylation is 2. The Morgan fingerprint density at radius 3 is 2.71 bits per heavy atom. The fraction of sp³-hybridized carbons (Fsp3) is 0.381. The first-order valence-electron chi connectivity index (χ1n) is 8.79. The van der Waals surface area contributed by atoms with Gasteiger partial charge >= 0.3 is 0 Å². The van der Waals surface area contributed by atoms with Crippen molar-refractivity contribution in [3.63, 3.8) is 0 Å². The topological polar surface area (TPSA) is 38.3 Å². The summed E-state index contributed by atoms with van der Waals surface area (Å²) in [6.07, 6.45) is 3.39. The van der Waals surface area contributed by atoms with Crippen molar-refractivity contribution in [1.29, 1.82) is 0 Å². The Bertz CT molecular complexity index is 693. The standard InChI is InChI=1S/C21H25NO2/c1-3-20(24-17-13-11-15(2)12-14-17)21(23)22-19-10-6-8-16-7-4-5-9-18(16)19/h4-5,7,9,11-14,19-20H,3,6,8,10H2,1-2H3,(H,22,23)/t19-,20-/m1/s1. The maximum Gasteiger partial charge on any atom is 0.261 e. The van der Waals surface area contributed by atoms with E-state index in [2.05, 4.69) is 23.5 Å². The van der Waals surface area contributed by atoms with Gasteiger partial charge in [0.1, 0.15) is 5.75 Å². The fourth-order valence-electron chi connectivity index (χ4n) is 3.27. The van der Waals surface area contributed by atoms with Gasteiger partial charge in [0.15, 0.2) is 6.10 Å². The second kappa shape index (κ2) is 7.52. The Hall–Kier alpha value is -2.29. The highest BCUT2D eigenvalue weighted by atomic mass is 16.5. The minimum absolute atomic E-state index is 0.0280. The lowest BCUT2D eigenvalue weighted by atomic mass is 9.87. The largest absolute Gasteiger partial charge is 0.481 e. The molecule has 1 aliphatic carbocycles. The Balaban J connectivity index is 1.68. The van der Waals surface area contributed by atoms with Crippen LogP contribution in [0.3, 0.4) is 0 Å². The van der Waals surface area contributed by atoms with Gasteiger partial charge in [-0.2, -0.15) is 0 Å². The third-order valence-electron chi connectivity index (χ3n) is 4.65. The third kappa shape index (κ3) is 3.78. The summed E-state index contributed by atoms with van der Waals surface area (Å²) < 4.78 is 5.90. The van der Waals surface area contributed by atoms with Crippen LogP contribution in [0, 0.1) is 6.92 Å². The Morgan fingerprint density at radius 2 is 1.96 bits per heavy atom. The molecule has 2 atom stereocenters. The van der Waals surface area contributed by atoms with E-state index in [0.717, 1.165) is 25.0 Å². The van der Waals surface area contributed by atoms with Gasteiger partial charge in [0.25, 0.3) is 5.91 Å². The first-order valence-corrected chi connectivity index (χ1v) is 8.79. The molecule has 3 nitrogen and oxygen atoms in total. The van der Waals surface area contributed by atoms with E-state index >= 15 is 0 Å². The van der Waals surface area contributed by atoms with Gasteiger partial charge in [-0.3, -0.25) is 4.79 Å². The van der Waals surface area contributed by atoms with Crippen LogP contribution in [0.25, 0.3) is 0 Å². The molecule has 0 saturated heterocycles. The SMILES string of the molecule is CC[C@@H](Oc1ccc(C)cc1)C(=O)N[C@@H]1CCCc2ccccc21. The van der Waals surface area contributed by atoms with Gasteiger partial charge in [0.2, 0.25) is 0 Å². The Morgan fingerprint density at radius 1 is 1.21 bits per heavy atom. The normalized spacial score (nSPS) is 17.7. The summed E-state index contributed by atoms with van der Waals surface area (Å²) >= 11 is 0. The molecule has 0 radical (unpaired) electrons. The molecule has 0 unspecified atom stereocenters. The number of amides is 1. The van der Waals surface area contributed by atoms with Crippen molar-refractivity contribution < 1.29 is 9.53 Å². The van der Waals surface area contributed by atoms with Gasteiger partial charge in [0, 0.05) is 0 Å². The van der Waals surface area contributed by atoms with Crippen LogP contribution in [0.15, 0.2) is 48.5 Å². The van der Waals surface area contributed by atoms with Crippen molar-refractivity contribution in [3.8, 4) is 5.75 Å². The molecule has 2 aromatic carbocycles. The van der Waals surface area contributed by atoms with Crippen LogP contribution < -0.4 is 10.1 Å². The summed E-state index contributed by atoms with van der Waals surface area (Å²) in [6, 6.07) is 16.3. The van der Waals surface area contributed by atoms with Gasteiger partial charge in [-0.25, -0.2) is 0 Å². The molecular weight excluding hydrogens is 298 g/mol. The van der Waals surface area contributed by atoms with Gasteiger partial charge in [-0.05, 0) is 55.9 Å². The molecule has 1 N–H and O–H groups in total. The molecule has 0 bridgehead atoms. The predicted molar refractivity (Wildman–Crippen MR) is 96.1 cm³/mol. The Labute approximate surface area is 144 Å². The average molecular weight is 323 g/mol. The van der Waals surface area contributed by atoms with Crippen molar-refractivity contribution in [1.82, 2.24) is 5.32 Å². The number of fused-ring (bicyclic) bond motifs is 1. The number of hydrogen-bond acceptors (Lipinski definition) is 2. The van der Waals surface area contributed by atoms with E-state index in [1.165, 1.54) is 16.7 Å². The number of ether oxygens (including phenoxy) is 1. The number of carbonyl (C=O) groups is 1. The molecule has 2 aromatic rings. The zero-order valence-electron chi connectivity index (χ0n) is 14.4. The van der Waals surface area contributed by atoms with E-state index in [1.807, 2.05) is 44.2 Å². The lowest BCUT2D eigenvalue weighted by molar-refractivity contribution is -0.129. The summed E-state index contributed by atoms with van der Waals surface area (Å²) in [5, 5.41) is 3.19. The zero-order valence-corrected chi connectivity index (χ0v) is 14.4. The molecule has 0 aromatic heterocycles. The summed E-state index contributed by atoms with van der Waals surface area (Å²) in [5.41, 5.74) is 3.78. The van der Waals surface area contributed by atoms with E-state index in [0.29, 0.717) is 6.42 Å². The average Bonchev–Trinajstić information content (AvgIpc) is 2.61. The molecule has 3 heteroatoms. The van der Waals surface area contributed by atoms with Gasteiger partial charge in [-0.1, -0.05) is 48.9 Å². The van der Waals surface area contributed by atoms with E-state index in [9.17, 15) is 4.79 Å². The van der Waals surface area contributed by atoms with Crippen LogP contribution in [0.2, 0.25) is 0 Å². The van der Waals surface area contributed by atoms with Crippen molar-refractivity contribution in [3.05, 3.63) is 65.2 Å². The van der Waals surface area contributed by atoms with Crippen molar-refractivity contribution >= 4 is 5.91 Å². The quantitative estimate of drug-likeness (QED) is 0.888. The van der Waals surface area contributed by atoms with Gasteiger partial charge in [-0.15, -0.1) is 0 Å². The predicted octanol–water partition coefficient (Wildman–Crippen LogP) is 4.35. The number of benzene rings is 2. The molecule has 3 rings (SSSR count). The first kappa shape index (κ1) is 16.6. The molecule has 24 heavy (non-hydrogen) atoms. The number of rotatable bonds is 5. The number of hydrogen-bond donors (Lipinski definition) is 1. The lowest BCUT2D eigenvalue weighted by Gasteiger charge is -2.28. The van der Waals surface area contributed by atoms with Crippen molar-refractivity contribution in [2.24, 2.45) is 0 Å². The lowest BCUT2D eigenvalue weighted by Crippen LogP contribution is -2.40. The number of carbonyl (C=O) groups excluding carboxylic acids is 1. The van der Waals surface area contributed by atoms with Crippen LogP contribution in [-0.4, -0.2) is 12.0 Å². The molecule has 1 amide bonds. The summed E-state index contributed by atoms with van der Waals surface area (Å²) in [4.78, 5) is 12.7. The second-order valence-corrected chi connectivity index (χ2v) is 6.48. The number of nitrogens with one attached hydrogen (secondary N) is 1. The second-order valence-electron chi connectivity index (χ2n) is 6.48. The highest BCUT2D eigenvalue weighted by Crippen LogP contribution is 2.29. The monoisotopic (exact) mass is 323 g/mol. The van der Waals surface area contributed by atoms with Crippen LogP contribution >= 0.6 is 0 Å². The van der Waals surface area contributed by atoms with E-state index in [-0.39, 0.29) is 11.9 Å². The van der Waals surface area contributed by atoms with Gasteiger partial charge < -0.3 is 10.1 Å².